The van der Waals surface area contributed by atoms with Gasteiger partial charge in [0.15, 0.2) is 0 Å². The van der Waals surface area contributed by atoms with Gasteiger partial charge in [0.1, 0.15) is 5.78 Å². The molecule has 3 atom stereocenters. The molecule has 0 radical (unpaired) electrons. The predicted molar refractivity (Wildman–Crippen MR) is 50.2 cm³/mol. The number of ketones is 1. The van der Waals surface area contributed by atoms with E-state index in [0.29, 0.717) is 0 Å². The normalized spacial score (nSPS) is 48.2. The molecule has 0 unspecified atom stereocenters. The zero-order valence-electron chi connectivity index (χ0n) is 8.63. The summed E-state index contributed by atoms with van der Waals surface area (Å²) in [7, 11) is 0. The second kappa shape index (κ2) is 2.35. The van der Waals surface area contributed by atoms with E-state index in [1.807, 2.05) is 13.8 Å². The van der Waals surface area contributed by atoms with Crippen molar-refractivity contribution in [1.82, 2.24) is 0 Å². The molecule has 2 aliphatic rings. The highest BCUT2D eigenvalue weighted by Crippen LogP contribution is 2.58. The van der Waals surface area contributed by atoms with E-state index in [0.717, 1.165) is 19.3 Å². The van der Waals surface area contributed by atoms with Gasteiger partial charge in [-0.3, -0.25) is 4.79 Å². The van der Waals surface area contributed by atoms with Gasteiger partial charge < -0.3 is 5.11 Å². The third kappa shape index (κ3) is 1.08. The maximum Gasteiger partial charge on any atom is 0.144 e. The molecule has 0 amide bonds. The maximum atomic E-state index is 12.0. The largest absolute Gasteiger partial charge is 0.392 e. The van der Waals surface area contributed by atoms with Crippen molar-refractivity contribution in [3.8, 4) is 0 Å². The van der Waals surface area contributed by atoms with Crippen LogP contribution >= 0.6 is 0 Å². The van der Waals surface area contributed by atoms with E-state index >= 15 is 0 Å². The van der Waals surface area contributed by atoms with Crippen LogP contribution in [0.2, 0.25) is 0 Å². The molecule has 0 saturated heterocycles. The minimum Gasteiger partial charge on any atom is -0.392 e. The van der Waals surface area contributed by atoms with E-state index < -0.39 is 0 Å². The Morgan fingerprint density at radius 1 is 1.38 bits per heavy atom. The fraction of sp³-hybridized carbons (Fsp3) is 0.909. The average molecular weight is 182 g/mol. The quantitative estimate of drug-likeness (QED) is 0.620. The van der Waals surface area contributed by atoms with Gasteiger partial charge in [-0.1, -0.05) is 20.8 Å². The molecule has 0 spiro atoms. The summed E-state index contributed by atoms with van der Waals surface area (Å²) in [5, 5.41) is 9.75. The molecule has 1 N–H and O–H groups in total. The molecule has 74 valence electrons. The van der Waals surface area contributed by atoms with Crippen molar-refractivity contribution in [2.45, 2.75) is 46.1 Å². The van der Waals surface area contributed by atoms with E-state index in [1.54, 1.807) is 0 Å². The second-order valence-corrected chi connectivity index (χ2v) is 5.66. The lowest BCUT2D eigenvalue weighted by Crippen LogP contribution is -2.30. The first kappa shape index (κ1) is 9.20. The molecular formula is C11H18O2. The van der Waals surface area contributed by atoms with Crippen LogP contribution in [0, 0.1) is 16.7 Å². The molecule has 0 aromatic rings. The Hall–Kier alpha value is -0.370. The SMILES string of the molecule is CC1(C)C[C@@]2(C)CC[C@H](O)[C@H]2C1=O. The zero-order chi connectivity index (χ0) is 9.85. The molecule has 2 nitrogen and oxygen atoms in total. The first-order valence-electron chi connectivity index (χ1n) is 5.09. The topological polar surface area (TPSA) is 37.3 Å². The maximum absolute atomic E-state index is 12.0. The highest BCUT2D eigenvalue weighted by Gasteiger charge is 2.59. The van der Waals surface area contributed by atoms with E-state index in [-0.39, 0.29) is 28.6 Å². The summed E-state index contributed by atoms with van der Waals surface area (Å²) < 4.78 is 0. The van der Waals surface area contributed by atoms with Crippen LogP contribution in [-0.4, -0.2) is 17.0 Å². The summed E-state index contributed by atoms with van der Waals surface area (Å²) in [6.45, 7) is 6.16. The Bertz CT molecular complexity index is 257. The molecule has 0 bridgehead atoms. The van der Waals surface area contributed by atoms with Crippen LogP contribution in [0.15, 0.2) is 0 Å². The first-order chi connectivity index (χ1) is 5.87. The van der Waals surface area contributed by atoms with Gasteiger partial charge in [0.05, 0.1) is 6.10 Å². The second-order valence-electron chi connectivity index (χ2n) is 5.66. The van der Waals surface area contributed by atoms with Crippen LogP contribution in [0.4, 0.5) is 0 Å². The first-order valence-corrected chi connectivity index (χ1v) is 5.09. The Morgan fingerprint density at radius 3 is 2.54 bits per heavy atom. The van der Waals surface area contributed by atoms with Gasteiger partial charge in [0.2, 0.25) is 0 Å². The number of aliphatic hydroxyl groups excluding tert-OH is 1. The van der Waals surface area contributed by atoms with Crippen molar-refractivity contribution in [1.29, 1.82) is 0 Å². The highest BCUT2D eigenvalue weighted by atomic mass is 16.3. The van der Waals surface area contributed by atoms with E-state index in [9.17, 15) is 9.90 Å². The molecule has 0 heterocycles. The minimum absolute atomic E-state index is 0.0810. The van der Waals surface area contributed by atoms with Gasteiger partial charge in [-0.2, -0.15) is 0 Å². The minimum atomic E-state index is -0.376. The number of rotatable bonds is 0. The standard InChI is InChI=1S/C11H18O2/c1-10(2)6-11(3)5-4-7(12)8(11)9(10)13/h7-8,12H,4-6H2,1-3H3/t7-,8-,11+/m0/s1. The average Bonchev–Trinajstić information content (AvgIpc) is 2.33. The lowest BCUT2D eigenvalue weighted by molar-refractivity contribution is -0.130. The number of carbonyl (C=O) groups is 1. The van der Waals surface area contributed by atoms with Crippen LogP contribution in [-0.2, 0) is 4.79 Å². The lowest BCUT2D eigenvalue weighted by atomic mass is 9.80. The molecule has 0 aliphatic heterocycles. The fourth-order valence-corrected chi connectivity index (χ4v) is 3.47. The van der Waals surface area contributed by atoms with E-state index in [2.05, 4.69) is 6.92 Å². The Balaban J connectivity index is 2.37. The van der Waals surface area contributed by atoms with Gasteiger partial charge in [-0.05, 0) is 24.7 Å². The Kier molecular flexibility index (Phi) is 1.66. The molecular weight excluding hydrogens is 164 g/mol. The van der Waals surface area contributed by atoms with Crippen LogP contribution in [0.3, 0.4) is 0 Å². The van der Waals surface area contributed by atoms with E-state index in [1.165, 1.54) is 0 Å². The molecule has 2 aliphatic carbocycles. The van der Waals surface area contributed by atoms with Gasteiger partial charge in [0.25, 0.3) is 0 Å². The summed E-state index contributed by atoms with van der Waals surface area (Å²) >= 11 is 0. The molecule has 2 fully saturated rings. The van der Waals surface area contributed by atoms with Gasteiger partial charge in [-0.25, -0.2) is 0 Å². The van der Waals surface area contributed by atoms with Gasteiger partial charge in [-0.15, -0.1) is 0 Å². The number of Topliss-reactive ketones (excluding diaryl/α,β-unsaturated/α-hetero) is 1. The van der Waals surface area contributed by atoms with Crippen LogP contribution in [0.25, 0.3) is 0 Å². The summed E-state index contributed by atoms with van der Waals surface area (Å²) in [4.78, 5) is 12.0. The number of carbonyl (C=O) groups excluding carboxylic acids is 1. The Morgan fingerprint density at radius 2 is 2.00 bits per heavy atom. The third-order valence-corrected chi connectivity index (χ3v) is 3.94. The molecule has 0 aromatic carbocycles. The molecule has 2 heteroatoms. The van der Waals surface area contributed by atoms with E-state index in [4.69, 9.17) is 0 Å². The van der Waals surface area contributed by atoms with Crippen molar-refractivity contribution in [2.24, 2.45) is 16.7 Å². The van der Waals surface area contributed by atoms with Crippen LogP contribution in [0.5, 0.6) is 0 Å². The van der Waals surface area contributed by atoms with Crippen molar-refractivity contribution >= 4 is 5.78 Å². The van der Waals surface area contributed by atoms with Gasteiger partial charge in [0, 0.05) is 11.3 Å². The number of hydrogen-bond acceptors (Lipinski definition) is 2. The number of aliphatic hydroxyl groups is 1. The van der Waals surface area contributed by atoms with Crippen molar-refractivity contribution in [3.63, 3.8) is 0 Å². The molecule has 2 rings (SSSR count). The van der Waals surface area contributed by atoms with Gasteiger partial charge >= 0.3 is 0 Å². The summed E-state index contributed by atoms with van der Waals surface area (Å²) in [6.07, 6.45) is 2.39. The zero-order valence-corrected chi connectivity index (χ0v) is 8.63. The van der Waals surface area contributed by atoms with Crippen molar-refractivity contribution in [2.75, 3.05) is 0 Å². The van der Waals surface area contributed by atoms with Crippen LogP contribution < -0.4 is 0 Å². The van der Waals surface area contributed by atoms with Crippen molar-refractivity contribution in [3.05, 3.63) is 0 Å². The summed E-state index contributed by atoms with van der Waals surface area (Å²) in [5.74, 6) is 0.197. The predicted octanol–water partition coefficient (Wildman–Crippen LogP) is 1.76. The number of fused-ring (bicyclic) bond motifs is 1. The molecule has 0 aromatic heterocycles. The summed E-state index contributed by atoms with van der Waals surface area (Å²) in [5.41, 5.74) is -0.124. The fourth-order valence-electron chi connectivity index (χ4n) is 3.47. The monoisotopic (exact) mass is 182 g/mol. The third-order valence-electron chi connectivity index (χ3n) is 3.94. The smallest absolute Gasteiger partial charge is 0.144 e. The summed E-state index contributed by atoms with van der Waals surface area (Å²) in [6, 6.07) is 0. The lowest BCUT2D eigenvalue weighted by Gasteiger charge is -2.23. The Labute approximate surface area is 79.3 Å². The molecule has 2 saturated carbocycles. The van der Waals surface area contributed by atoms with Crippen LogP contribution in [0.1, 0.15) is 40.0 Å². The van der Waals surface area contributed by atoms with Crippen molar-refractivity contribution < 1.29 is 9.90 Å². The molecule has 13 heavy (non-hydrogen) atoms. The highest BCUT2D eigenvalue weighted by molar-refractivity contribution is 5.90. The number of hydrogen-bond donors (Lipinski definition) is 1.